The third-order valence-electron chi connectivity index (χ3n) is 2.81. The second-order valence-corrected chi connectivity index (χ2v) is 4.70. The third-order valence-corrected chi connectivity index (χ3v) is 3.11. The summed E-state index contributed by atoms with van der Waals surface area (Å²) in [6.45, 7) is 3.68. The molecule has 1 aromatic carbocycles. The average Bonchev–Trinajstić information content (AvgIpc) is 2.65. The van der Waals surface area contributed by atoms with E-state index in [-0.39, 0.29) is 5.91 Å². The SMILES string of the molecule is CCCOCCOc1cc2c(cc1Cl)C(N)C(=O)N2. The largest absolute Gasteiger partial charge is 0.490 e. The molecule has 1 aliphatic heterocycles. The van der Waals surface area contributed by atoms with Crippen molar-refractivity contribution in [3.63, 3.8) is 0 Å². The van der Waals surface area contributed by atoms with Crippen molar-refractivity contribution < 1.29 is 14.3 Å². The van der Waals surface area contributed by atoms with Crippen LogP contribution < -0.4 is 15.8 Å². The first-order chi connectivity index (χ1) is 9.13. The number of nitrogens with two attached hydrogens (primary N) is 1. The van der Waals surface area contributed by atoms with Gasteiger partial charge in [0.25, 0.3) is 0 Å². The molecule has 0 saturated heterocycles. The minimum atomic E-state index is -0.658. The summed E-state index contributed by atoms with van der Waals surface area (Å²) in [5.41, 5.74) is 7.09. The lowest BCUT2D eigenvalue weighted by molar-refractivity contribution is -0.116. The molecule has 0 aliphatic carbocycles. The van der Waals surface area contributed by atoms with Crippen molar-refractivity contribution in [2.24, 2.45) is 5.73 Å². The highest BCUT2D eigenvalue weighted by Crippen LogP contribution is 2.37. The Labute approximate surface area is 117 Å². The fourth-order valence-electron chi connectivity index (χ4n) is 1.85. The van der Waals surface area contributed by atoms with Crippen molar-refractivity contribution in [2.45, 2.75) is 19.4 Å². The molecule has 1 amide bonds. The van der Waals surface area contributed by atoms with Gasteiger partial charge >= 0.3 is 0 Å². The molecule has 104 valence electrons. The molecule has 2 rings (SSSR count). The molecule has 3 N–H and O–H groups in total. The fraction of sp³-hybridized carbons (Fsp3) is 0.462. The van der Waals surface area contributed by atoms with E-state index in [2.05, 4.69) is 5.32 Å². The zero-order chi connectivity index (χ0) is 13.8. The molecule has 0 bridgehead atoms. The van der Waals surface area contributed by atoms with Gasteiger partial charge in [-0.2, -0.15) is 0 Å². The van der Waals surface area contributed by atoms with Crippen LogP contribution in [0.15, 0.2) is 12.1 Å². The second-order valence-electron chi connectivity index (χ2n) is 4.30. The van der Waals surface area contributed by atoms with Crippen LogP contribution in [-0.2, 0) is 9.53 Å². The predicted octanol–water partition coefficient (Wildman–Crippen LogP) is 2.10. The first-order valence-corrected chi connectivity index (χ1v) is 6.61. The lowest BCUT2D eigenvalue weighted by atomic mass is 10.1. The van der Waals surface area contributed by atoms with E-state index in [1.54, 1.807) is 12.1 Å². The van der Waals surface area contributed by atoms with Gasteiger partial charge in [-0.1, -0.05) is 18.5 Å². The van der Waals surface area contributed by atoms with Crippen molar-refractivity contribution in [1.29, 1.82) is 0 Å². The highest BCUT2D eigenvalue weighted by molar-refractivity contribution is 6.32. The van der Waals surface area contributed by atoms with Crippen LogP contribution in [0.2, 0.25) is 5.02 Å². The standard InChI is InChI=1S/C13H17ClN2O3/c1-2-3-18-4-5-19-11-7-10-8(6-9(11)14)12(15)13(17)16-10/h6-7,12H,2-5,15H2,1H3,(H,16,17). The maximum Gasteiger partial charge on any atom is 0.245 e. The Bertz CT molecular complexity index is 479. The van der Waals surface area contributed by atoms with Crippen molar-refractivity contribution in [3.05, 3.63) is 22.7 Å². The van der Waals surface area contributed by atoms with Crippen LogP contribution in [0.5, 0.6) is 5.75 Å². The van der Waals surface area contributed by atoms with Crippen LogP contribution in [0.4, 0.5) is 5.69 Å². The van der Waals surface area contributed by atoms with Gasteiger partial charge in [-0.05, 0) is 12.5 Å². The molecule has 5 nitrogen and oxygen atoms in total. The maximum atomic E-state index is 11.4. The third kappa shape index (κ3) is 3.18. The second kappa shape index (κ2) is 6.23. The molecule has 1 unspecified atom stereocenters. The Hall–Kier alpha value is -1.30. The molecule has 1 aromatic rings. The van der Waals surface area contributed by atoms with Crippen molar-refractivity contribution in [2.75, 3.05) is 25.1 Å². The number of hydrogen-bond acceptors (Lipinski definition) is 4. The minimum absolute atomic E-state index is 0.227. The molecule has 0 fully saturated rings. The van der Waals surface area contributed by atoms with Crippen LogP contribution in [0.25, 0.3) is 0 Å². The summed E-state index contributed by atoms with van der Waals surface area (Å²) < 4.78 is 10.8. The smallest absolute Gasteiger partial charge is 0.245 e. The molecular weight excluding hydrogens is 268 g/mol. The summed E-state index contributed by atoms with van der Waals surface area (Å²) in [7, 11) is 0. The highest BCUT2D eigenvalue weighted by Gasteiger charge is 2.28. The summed E-state index contributed by atoms with van der Waals surface area (Å²) in [6, 6.07) is 2.71. The fourth-order valence-corrected chi connectivity index (χ4v) is 2.08. The molecule has 0 spiro atoms. The van der Waals surface area contributed by atoms with Gasteiger partial charge in [0.15, 0.2) is 0 Å². The van der Waals surface area contributed by atoms with Gasteiger partial charge in [-0.15, -0.1) is 0 Å². The van der Waals surface area contributed by atoms with Gasteiger partial charge in [0, 0.05) is 23.9 Å². The number of carbonyl (C=O) groups excluding carboxylic acids is 1. The molecule has 0 radical (unpaired) electrons. The van der Waals surface area contributed by atoms with E-state index in [1.807, 2.05) is 6.92 Å². The van der Waals surface area contributed by atoms with E-state index in [9.17, 15) is 4.79 Å². The minimum Gasteiger partial charge on any atom is -0.490 e. The maximum absolute atomic E-state index is 11.4. The Kier molecular flexibility index (Phi) is 4.63. The number of nitrogens with one attached hydrogen (secondary N) is 1. The van der Waals surface area contributed by atoms with Crippen LogP contribution >= 0.6 is 11.6 Å². The lowest BCUT2D eigenvalue weighted by Crippen LogP contribution is -2.19. The zero-order valence-electron chi connectivity index (χ0n) is 10.7. The molecule has 0 saturated carbocycles. The Morgan fingerprint density at radius 2 is 2.16 bits per heavy atom. The van der Waals surface area contributed by atoms with E-state index >= 15 is 0 Å². The number of halogens is 1. The highest BCUT2D eigenvalue weighted by atomic mass is 35.5. The Balaban J connectivity index is 1.99. The lowest BCUT2D eigenvalue weighted by Gasteiger charge is -2.10. The number of fused-ring (bicyclic) bond motifs is 1. The van der Waals surface area contributed by atoms with Crippen LogP contribution in [0, 0.1) is 0 Å². The number of ether oxygens (including phenoxy) is 2. The number of anilines is 1. The van der Waals surface area contributed by atoms with Crippen LogP contribution in [0.1, 0.15) is 24.9 Å². The first-order valence-electron chi connectivity index (χ1n) is 6.24. The predicted molar refractivity (Wildman–Crippen MR) is 73.6 cm³/mol. The van der Waals surface area contributed by atoms with E-state index in [4.69, 9.17) is 26.8 Å². The summed E-state index contributed by atoms with van der Waals surface area (Å²) in [4.78, 5) is 11.4. The summed E-state index contributed by atoms with van der Waals surface area (Å²) in [5, 5.41) is 3.14. The number of benzene rings is 1. The summed E-state index contributed by atoms with van der Waals surface area (Å²) in [5.74, 6) is 0.296. The van der Waals surface area contributed by atoms with Crippen LogP contribution in [0.3, 0.4) is 0 Å². The topological polar surface area (TPSA) is 73.6 Å². The number of carbonyl (C=O) groups is 1. The van der Waals surface area contributed by atoms with E-state index in [1.165, 1.54) is 0 Å². The van der Waals surface area contributed by atoms with Crippen molar-refractivity contribution in [3.8, 4) is 5.75 Å². The monoisotopic (exact) mass is 284 g/mol. The molecule has 19 heavy (non-hydrogen) atoms. The molecule has 1 heterocycles. The number of amides is 1. The van der Waals surface area contributed by atoms with E-state index < -0.39 is 6.04 Å². The number of hydrogen-bond donors (Lipinski definition) is 2. The average molecular weight is 285 g/mol. The number of rotatable bonds is 6. The zero-order valence-corrected chi connectivity index (χ0v) is 11.5. The normalized spacial score (nSPS) is 17.2. The first kappa shape index (κ1) is 14.1. The van der Waals surface area contributed by atoms with Crippen molar-refractivity contribution >= 4 is 23.2 Å². The summed E-state index contributed by atoms with van der Waals surface area (Å²) >= 11 is 6.10. The van der Waals surface area contributed by atoms with Gasteiger partial charge in [0.05, 0.1) is 11.6 Å². The molecule has 6 heteroatoms. The molecule has 1 atom stereocenters. The Morgan fingerprint density at radius 3 is 2.89 bits per heavy atom. The van der Waals surface area contributed by atoms with E-state index in [0.717, 1.165) is 6.42 Å². The van der Waals surface area contributed by atoms with Gasteiger partial charge in [-0.25, -0.2) is 0 Å². The van der Waals surface area contributed by atoms with Crippen LogP contribution in [-0.4, -0.2) is 25.7 Å². The summed E-state index contributed by atoms with van der Waals surface area (Å²) in [6.07, 6.45) is 0.976. The van der Waals surface area contributed by atoms with Gasteiger partial charge in [-0.3, -0.25) is 4.79 Å². The quantitative estimate of drug-likeness (QED) is 0.785. The van der Waals surface area contributed by atoms with Crippen molar-refractivity contribution in [1.82, 2.24) is 0 Å². The molecule has 1 aliphatic rings. The van der Waals surface area contributed by atoms with Gasteiger partial charge in [0.2, 0.25) is 5.91 Å². The van der Waals surface area contributed by atoms with E-state index in [0.29, 0.717) is 41.8 Å². The molecular formula is C13H17ClN2O3. The molecule has 0 aromatic heterocycles. The van der Waals surface area contributed by atoms with Gasteiger partial charge in [0.1, 0.15) is 18.4 Å². The Morgan fingerprint density at radius 1 is 1.37 bits per heavy atom. The van der Waals surface area contributed by atoms with Gasteiger partial charge < -0.3 is 20.5 Å².